The molecule has 28 heteroatoms. The number of ether oxygens (including phenoxy) is 14. The molecule has 85 heavy (non-hydrogen) atoms. The normalized spacial score (nSPS) is 29.1. The lowest BCUT2D eigenvalue weighted by Gasteiger charge is -2.25. The summed E-state index contributed by atoms with van der Waals surface area (Å²) in [6, 6.07) is 0. The number of hydrogen-bond donors (Lipinski definition) is 0. The maximum Gasteiger partial charge on any atom is 0.347 e. The van der Waals surface area contributed by atoms with Crippen LogP contribution in [-0.4, -0.2) is 172 Å². The van der Waals surface area contributed by atoms with Gasteiger partial charge in [0.05, 0.1) is 38.3 Å². The van der Waals surface area contributed by atoms with Crippen molar-refractivity contribution in [3.63, 3.8) is 0 Å². The summed E-state index contributed by atoms with van der Waals surface area (Å²) in [7, 11) is 0. The van der Waals surface area contributed by atoms with E-state index in [1.165, 1.54) is 13.8 Å². The van der Waals surface area contributed by atoms with Crippen LogP contribution in [0.3, 0.4) is 0 Å². The van der Waals surface area contributed by atoms with E-state index in [0.29, 0.717) is 56.3 Å². The zero-order valence-electron chi connectivity index (χ0n) is 46.9. The molecular formula is C57H66O28. The van der Waals surface area contributed by atoms with Crippen molar-refractivity contribution in [2.75, 3.05) is 39.6 Å². The SMILES string of the molecule is C=C(C)C(=O)OC1C2CC3C(=O)OC1C3C2.C=C(C)C(=O)OC1CCOC1=O.C=C(C)C(=O)OCC(=O)OC1CCOC1=O.C=CC(=O)OC1C2CC3C(=O)OC1C3C2.C=CC(=O)OC1CCOC1=O.C=CC(=O)OCC(=O)OC1CCOC1=O. The first kappa shape index (κ1) is 66.8. The first-order valence-electron chi connectivity index (χ1n) is 26.7. The van der Waals surface area contributed by atoms with Crippen molar-refractivity contribution in [2.45, 2.75) is 121 Å². The third-order valence-corrected chi connectivity index (χ3v) is 14.1. The number of cyclic esters (lactones) is 4. The predicted octanol–water partition coefficient (Wildman–Crippen LogP) is 1.71. The Morgan fingerprint density at radius 2 is 0.765 bits per heavy atom. The molecule has 0 radical (unpaired) electrons. The summed E-state index contributed by atoms with van der Waals surface area (Å²) in [4.78, 5) is 154. The van der Waals surface area contributed by atoms with E-state index in [-0.39, 0.29) is 90.4 Å². The largest absolute Gasteiger partial charge is 0.463 e. The van der Waals surface area contributed by atoms with Gasteiger partial charge in [0.15, 0.2) is 13.2 Å². The van der Waals surface area contributed by atoms with E-state index in [4.69, 9.17) is 33.2 Å². The van der Waals surface area contributed by atoms with Gasteiger partial charge in [-0.1, -0.05) is 39.5 Å². The van der Waals surface area contributed by atoms with Crippen LogP contribution in [0, 0.1) is 35.5 Å². The van der Waals surface area contributed by atoms with Gasteiger partial charge in [-0.3, -0.25) is 9.59 Å². The quantitative estimate of drug-likeness (QED) is 0.121. The summed E-state index contributed by atoms with van der Waals surface area (Å²) >= 11 is 0. The summed E-state index contributed by atoms with van der Waals surface area (Å²) in [5.74, 6) is -5.89. The molecule has 0 aromatic heterocycles. The average molecular weight is 1200 g/mol. The molecule has 14 unspecified atom stereocenters. The topological polar surface area (TPSA) is 368 Å². The highest BCUT2D eigenvalue weighted by molar-refractivity contribution is 5.91. The van der Waals surface area contributed by atoms with Crippen LogP contribution >= 0.6 is 0 Å². The van der Waals surface area contributed by atoms with Crippen molar-refractivity contribution < 1.29 is 133 Å². The van der Waals surface area contributed by atoms with Crippen LogP contribution in [0.1, 0.15) is 72.1 Å². The van der Waals surface area contributed by atoms with Crippen LogP contribution < -0.4 is 0 Å². The Bertz CT molecular complexity index is 2720. The smallest absolute Gasteiger partial charge is 0.347 e. The Morgan fingerprint density at radius 1 is 0.424 bits per heavy atom. The number of rotatable bonds is 16. The molecule has 4 bridgehead atoms. The fourth-order valence-electron chi connectivity index (χ4n) is 10.1. The second-order valence-electron chi connectivity index (χ2n) is 20.3. The van der Waals surface area contributed by atoms with E-state index < -0.39 is 103 Å². The van der Waals surface area contributed by atoms with Gasteiger partial charge < -0.3 is 66.3 Å². The molecule has 0 aromatic carbocycles. The molecule has 462 valence electrons. The van der Waals surface area contributed by atoms with Crippen LogP contribution in [0.4, 0.5) is 0 Å². The van der Waals surface area contributed by atoms with Crippen molar-refractivity contribution in [2.24, 2.45) is 35.5 Å². The highest BCUT2D eigenvalue weighted by atomic mass is 16.6. The minimum Gasteiger partial charge on any atom is -0.463 e. The summed E-state index contributed by atoms with van der Waals surface area (Å²) in [6.07, 6.45) is 4.13. The van der Waals surface area contributed by atoms with E-state index >= 15 is 0 Å². The fraction of sp³-hybridized carbons (Fsp3) is 0.544. The van der Waals surface area contributed by atoms with E-state index in [2.05, 4.69) is 72.6 Å². The van der Waals surface area contributed by atoms with Gasteiger partial charge in [-0.2, -0.15) is 0 Å². The Morgan fingerprint density at radius 3 is 1.13 bits per heavy atom. The van der Waals surface area contributed by atoms with Crippen molar-refractivity contribution in [3.05, 3.63) is 74.4 Å². The van der Waals surface area contributed by atoms with Gasteiger partial charge in [-0.15, -0.1) is 0 Å². The lowest BCUT2D eigenvalue weighted by Crippen LogP contribution is -2.36. The molecule has 10 rings (SSSR count). The molecule has 4 saturated carbocycles. The molecular weight excluding hydrogens is 1130 g/mol. The van der Waals surface area contributed by atoms with Crippen LogP contribution in [0.2, 0.25) is 0 Å². The summed E-state index contributed by atoms with van der Waals surface area (Å²) in [5, 5.41) is 0. The van der Waals surface area contributed by atoms with Gasteiger partial charge in [0, 0.05) is 84.3 Å². The Hall–Kier alpha value is -8.98. The molecule has 10 aliphatic rings. The molecule has 14 atom stereocenters. The van der Waals surface area contributed by atoms with Crippen LogP contribution in [0.5, 0.6) is 0 Å². The lowest BCUT2D eigenvalue weighted by atomic mass is 9.88. The number of carbonyl (C=O) groups is 14. The third kappa shape index (κ3) is 18.5. The first-order valence-corrected chi connectivity index (χ1v) is 26.7. The van der Waals surface area contributed by atoms with E-state index in [0.717, 1.165) is 43.9 Å². The van der Waals surface area contributed by atoms with Gasteiger partial charge >= 0.3 is 83.6 Å². The zero-order chi connectivity index (χ0) is 62.8. The Balaban J connectivity index is 0.000000187. The molecule has 0 aromatic rings. The minimum atomic E-state index is -0.879. The summed E-state index contributed by atoms with van der Waals surface area (Å²) in [5.41, 5.74) is 0.867. The lowest BCUT2D eigenvalue weighted by molar-refractivity contribution is -0.166. The number of hydrogen-bond acceptors (Lipinski definition) is 28. The van der Waals surface area contributed by atoms with Crippen LogP contribution in [-0.2, 0) is 133 Å². The molecule has 10 fully saturated rings. The second-order valence-corrected chi connectivity index (χ2v) is 20.3. The minimum absolute atomic E-state index is 0.0646. The molecule has 6 heterocycles. The molecule has 6 saturated heterocycles. The maximum atomic E-state index is 11.5. The summed E-state index contributed by atoms with van der Waals surface area (Å²) < 4.78 is 67.3. The molecule has 4 aliphatic carbocycles. The summed E-state index contributed by atoms with van der Waals surface area (Å²) in [6.45, 7) is 24.7. The molecule has 6 aliphatic heterocycles. The fourth-order valence-corrected chi connectivity index (χ4v) is 10.1. The van der Waals surface area contributed by atoms with E-state index in [1.54, 1.807) is 6.92 Å². The monoisotopic (exact) mass is 1200 g/mol. The zero-order valence-corrected chi connectivity index (χ0v) is 46.9. The van der Waals surface area contributed by atoms with Crippen LogP contribution in [0.25, 0.3) is 0 Å². The van der Waals surface area contributed by atoms with Gasteiger partial charge in [0.2, 0.25) is 24.4 Å². The van der Waals surface area contributed by atoms with Gasteiger partial charge in [-0.05, 0) is 46.5 Å². The van der Waals surface area contributed by atoms with Crippen molar-refractivity contribution in [1.82, 2.24) is 0 Å². The van der Waals surface area contributed by atoms with Crippen molar-refractivity contribution >= 4 is 83.6 Å². The standard InChI is InChI=1S/C12H14O4.C11H12O4.C10H12O6.C9H10O6.C8H10O4.C7H8O4/c1-5(2)11(13)15-9-6-3-7-8(4-6)12(14)16-10(7)9;1-2-8(12)14-9-5-3-6-7(4-5)11(13)15-10(6)9;1-6(2)9(12)15-5-8(11)16-7-3-4-14-10(7)13;1-2-7(10)14-5-8(11)15-6-3-4-13-9(6)12;1-5(2)7(9)12-6-3-4-11-8(6)10;1-2-6(8)11-5-3-4-10-7(5)9/h6-10H,1,3-4H2,2H3;2,5-7,9-10H,1,3-4H2;7H,1,3-5H2,2H3;2,6H,1,3-5H2;6H,1,3-4H2,2H3;2,5H,1,3-4H2. The van der Waals surface area contributed by atoms with Crippen molar-refractivity contribution in [3.8, 4) is 0 Å². The second kappa shape index (κ2) is 31.1. The van der Waals surface area contributed by atoms with E-state index in [1.807, 2.05) is 0 Å². The van der Waals surface area contributed by atoms with Crippen LogP contribution in [0.15, 0.2) is 74.4 Å². The predicted molar refractivity (Wildman–Crippen MR) is 278 cm³/mol. The van der Waals surface area contributed by atoms with E-state index in [9.17, 15) is 67.1 Å². The van der Waals surface area contributed by atoms with Gasteiger partial charge in [0.1, 0.15) is 24.4 Å². The molecule has 0 N–H and O–H groups in total. The number of fused-ring (bicyclic) bond motifs is 2. The Labute approximate surface area is 486 Å². The molecule has 0 spiro atoms. The maximum absolute atomic E-state index is 11.5. The first-order chi connectivity index (χ1) is 40.3. The number of esters is 14. The van der Waals surface area contributed by atoms with Crippen molar-refractivity contribution in [1.29, 1.82) is 0 Å². The highest BCUT2D eigenvalue weighted by Crippen LogP contribution is 2.56. The third-order valence-electron chi connectivity index (χ3n) is 14.1. The highest BCUT2D eigenvalue weighted by Gasteiger charge is 2.64. The number of carbonyl (C=O) groups excluding carboxylic acids is 14. The Kier molecular flexibility index (Phi) is 24.4. The van der Waals surface area contributed by atoms with Gasteiger partial charge in [0.25, 0.3) is 0 Å². The average Bonchev–Trinajstić information content (AvgIpc) is 1.66. The van der Waals surface area contributed by atoms with Gasteiger partial charge in [-0.25, -0.2) is 57.5 Å². The molecule has 28 nitrogen and oxygen atoms in total. The molecule has 0 amide bonds.